The van der Waals surface area contributed by atoms with E-state index in [2.05, 4.69) is 18.6 Å². The minimum atomic E-state index is -1.84. The van der Waals surface area contributed by atoms with E-state index in [0.29, 0.717) is 5.92 Å². The highest BCUT2D eigenvalue weighted by atomic mass is 35.5. The van der Waals surface area contributed by atoms with E-state index < -0.39 is 35.7 Å². The Morgan fingerprint density at radius 1 is 0.885 bits per heavy atom. The molecule has 0 heterocycles. The molecule has 0 aliphatic rings. The third-order valence-electron chi connectivity index (χ3n) is 3.44. The van der Waals surface area contributed by atoms with Crippen LogP contribution in [0.5, 0.6) is 0 Å². The summed E-state index contributed by atoms with van der Waals surface area (Å²) < 4.78 is 14.4. The molecule has 2 atom stereocenters. The van der Waals surface area contributed by atoms with E-state index in [1.165, 1.54) is 5.56 Å². The first kappa shape index (κ1) is 22.0. The molecular formula is C19H25ClO6. The van der Waals surface area contributed by atoms with Crippen molar-refractivity contribution in [1.82, 2.24) is 0 Å². The van der Waals surface area contributed by atoms with Gasteiger partial charge in [-0.3, -0.25) is 4.79 Å². The lowest BCUT2D eigenvalue weighted by molar-refractivity contribution is -0.193. The number of carbonyl (C=O) groups excluding carboxylic acids is 3. The Bertz CT molecular complexity index is 623. The molecule has 0 aliphatic carbocycles. The Labute approximate surface area is 158 Å². The van der Waals surface area contributed by atoms with Crippen LogP contribution >= 0.6 is 11.6 Å². The van der Waals surface area contributed by atoms with Crippen LogP contribution in [0.1, 0.15) is 51.7 Å². The quantitative estimate of drug-likeness (QED) is 0.380. The third-order valence-corrected chi connectivity index (χ3v) is 3.53. The first-order valence-electron chi connectivity index (χ1n) is 8.46. The highest BCUT2D eigenvalue weighted by molar-refractivity contribution is 6.61. The van der Waals surface area contributed by atoms with Crippen LogP contribution in [0.2, 0.25) is 0 Å². The number of rotatable bonds is 8. The number of hydrogen-bond acceptors (Lipinski definition) is 6. The largest absolute Gasteiger partial charge is 0.457 e. The molecule has 0 fully saturated rings. The zero-order valence-electron chi connectivity index (χ0n) is 15.7. The molecule has 0 saturated carbocycles. The van der Waals surface area contributed by atoms with E-state index in [-0.39, 0.29) is 0 Å². The summed E-state index contributed by atoms with van der Waals surface area (Å²) in [5, 5.41) is 0. The topological polar surface area (TPSA) is 78.9 Å². The molecule has 0 amide bonds. The minimum absolute atomic E-state index is 0.469. The molecule has 0 radical (unpaired) electrons. The minimum Gasteiger partial charge on any atom is -0.457 e. The zero-order chi connectivity index (χ0) is 19.9. The summed E-state index contributed by atoms with van der Waals surface area (Å²) >= 11 is 5.13. The highest BCUT2D eigenvalue weighted by Crippen LogP contribution is 2.20. The van der Waals surface area contributed by atoms with Crippen molar-refractivity contribution in [3.63, 3.8) is 0 Å². The fraction of sp³-hybridized carbons (Fsp3) is 0.526. The number of halogens is 1. The monoisotopic (exact) mass is 384 g/mol. The van der Waals surface area contributed by atoms with Crippen molar-refractivity contribution in [2.24, 2.45) is 5.92 Å². The van der Waals surface area contributed by atoms with Crippen molar-refractivity contribution in [3.8, 4) is 0 Å². The van der Waals surface area contributed by atoms with Crippen LogP contribution in [0.25, 0.3) is 0 Å². The molecule has 1 rings (SSSR count). The van der Waals surface area contributed by atoms with Crippen LogP contribution in [0.4, 0.5) is 4.79 Å². The summed E-state index contributed by atoms with van der Waals surface area (Å²) in [6, 6.07) is 7.56. The molecule has 7 heteroatoms. The Kier molecular flexibility index (Phi) is 8.58. The third kappa shape index (κ3) is 7.44. The van der Waals surface area contributed by atoms with Crippen molar-refractivity contribution < 1.29 is 28.6 Å². The first-order chi connectivity index (χ1) is 12.1. The molecule has 0 aliphatic heterocycles. The van der Waals surface area contributed by atoms with Gasteiger partial charge in [-0.25, -0.2) is 9.59 Å². The summed E-state index contributed by atoms with van der Waals surface area (Å²) in [5.74, 6) is -1.86. The van der Waals surface area contributed by atoms with Gasteiger partial charge in [-0.15, -0.1) is 0 Å². The molecule has 0 spiro atoms. The summed E-state index contributed by atoms with van der Waals surface area (Å²) in [5.41, 5.74) is 0.614. The SMILES string of the molecule is CC(C)Cc1ccc(C(C)C(=O)OC(OC(=O)Cl)C(=O)OC(C)C)cc1. The van der Waals surface area contributed by atoms with Gasteiger partial charge in [0.15, 0.2) is 0 Å². The van der Waals surface area contributed by atoms with E-state index >= 15 is 0 Å². The van der Waals surface area contributed by atoms with Crippen LogP contribution in [-0.4, -0.2) is 29.8 Å². The van der Waals surface area contributed by atoms with E-state index in [4.69, 9.17) is 21.1 Å². The van der Waals surface area contributed by atoms with Crippen molar-refractivity contribution in [2.45, 2.75) is 59.4 Å². The second-order valence-corrected chi connectivity index (χ2v) is 6.98. The predicted molar refractivity (Wildman–Crippen MR) is 96.8 cm³/mol. The molecule has 6 nitrogen and oxygen atoms in total. The number of hydrogen-bond donors (Lipinski definition) is 0. The lowest BCUT2D eigenvalue weighted by atomic mass is 9.97. The summed E-state index contributed by atoms with van der Waals surface area (Å²) in [6.07, 6.45) is -1.37. The molecular weight excluding hydrogens is 360 g/mol. The van der Waals surface area contributed by atoms with Gasteiger partial charge in [0.1, 0.15) is 0 Å². The van der Waals surface area contributed by atoms with E-state index in [9.17, 15) is 14.4 Å². The molecule has 0 saturated heterocycles. The number of esters is 2. The lowest BCUT2D eigenvalue weighted by Gasteiger charge is -2.19. The number of benzene rings is 1. The maximum absolute atomic E-state index is 12.3. The molecule has 0 N–H and O–H groups in total. The molecule has 0 bridgehead atoms. The van der Waals surface area contributed by atoms with Crippen LogP contribution in [0.15, 0.2) is 24.3 Å². The van der Waals surface area contributed by atoms with E-state index in [1.807, 2.05) is 24.3 Å². The zero-order valence-corrected chi connectivity index (χ0v) is 16.4. The molecule has 1 aromatic rings. The fourth-order valence-corrected chi connectivity index (χ4v) is 2.33. The van der Waals surface area contributed by atoms with Crippen molar-refractivity contribution in [3.05, 3.63) is 35.4 Å². The normalized spacial score (nSPS) is 13.2. The van der Waals surface area contributed by atoms with E-state index in [1.54, 1.807) is 20.8 Å². The molecule has 144 valence electrons. The molecule has 2 unspecified atom stereocenters. The van der Waals surface area contributed by atoms with Crippen LogP contribution in [0.3, 0.4) is 0 Å². The molecule has 26 heavy (non-hydrogen) atoms. The first-order valence-corrected chi connectivity index (χ1v) is 8.83. The smallest absolute Gasteiger partial charge is 0.407 e. The number of carbonyl (C=O) groups is 3. The number of ether oxygens (including phenoxy) is 3. The van der Waals surface area contributed by atoms with Gasteiger partial charge in [0.05, 0.1) is 12.0 Å². The Morgan fingerprint density at radius 3 is 1.92 bits per heavy atom. The second-order valence-electron chi connectivity index (χ2n) is 6.67. The van der Waals surface area contributed by atoms with Gasteiger partial charge < -0.3 is 14.2 Å². The van der Waals surface area contributed by atoms with Crippen molar-refractivity contribution in [2.75, 3.05) is 0 Å². The van der Waals surface area contributed by atoms with Crippen LogP contribution in [-0.2, 0) is 30.2 Å². The summed E-state index contributed by atoms with van der Waals surface area (Å²) in [6.45, 7) is 9.11. The fourth-order valence-electron chi connectivity index (χ4n) is 2.25. The van der Waals surface area contributed by atoms with Crippen LogP contribution in [0, 0.1) is 5.92 Å². The van der Waals surface area contributed by atoms with Gasteiger partial charge in [0.25, 0.3) is 0 Å². The Balaban J connectivity index is 2.80. The summed E-state index contributed by atoms with van der Waals surface area (Å²) in [7, 11) is 0. The second kappa shape index (κ2) is 10.2. The Hall–Kier alpha value is -2.08. The van der Waals surface area contributed by atoms with Crippen LogP contribution < -0.4 is 0 Å². The standard InChI is InChI=1S/C19H25ClO6/c1-11(2)10-14-6-8-15(9-7-14)13(5)16(21)25-18(26-19(20)23)17(22)24-12(3)4/h6-9,11-13,18H,10H2,1-5H3. The van der Waals surface area contributed by atoms with E-state index in [0.717, 1.165) is 12.0 Å². The Morgan fingerprint density at radius 2 is 1.46 bits per heavy atom. The highest BCUT2D eigenvalue weighted by Gasteiger charge is 2.31. The van der Waals surface area contributed by atoms with Gasteiger partial charge in [-0.2, -0.15) is 0 Å². The maximum Gasteiger partial charge on any atom is 0.407 e. The van der Waals surface area contributed by atoms with Gasteiger partial charge in [-0.1, -0.05) is 38.1 Å². The molecule has 1 aromatic carbocycles. The van der Waals surface area contributed by atoms with Gasteiger partial charge in [-0.05, 0) is 44.2 Å². The van der Waals surface area contributed by atoms with Gasteiger partial charge in [0.2, 0.25) is 0 Å². The average molecular weight is 385 g/mol. The van der Waals surface area contributed by atoms with Gasteiger partial charge >= 0.3 is 23.7 Å². The van der Waals surface area contributed by atoms with Crippen molar-refractivity contribution in [1.29, 1.82) is 0 Å². The summed E-state index contributed by atoms with van der Waals surface area (Å²) in [4.78, 5) is 35.2. The lowest BCUT2D eigenvalue weighted by Crippen LogP contribution is -2.35. The predicted octanol–water partition coefficient (Wildman–Crippen LogP) is 4.18. The molecule has 0 aromatic heterocycles. The van der Waals surface area contributed by atoms with Crippen molar-refractivity contribution >= 4 is 29.0 Å². The maximum atomic E-state index is 12.3. The average Bonchev–Trinajstić information content (AvgIpc) is 2.52. The van der Waals surface area contributed by atoms with Gasteiger partial charge in [0, 0.05) is 11.6 Å².